The van der Waals surface area contributed by atoms with Crippen molar-refractivity contribution in [3.05, 3.63) is 0 Å². The highest BCUT2D eigenvalue weighted by Crippen LogP contribution is 2.21. The summed E-state index contributed by atoms with van der Waals surface area (Å²) in [5.74, 6) is 0. The largest absolute Gasteiger partial charge is 0.392 e. The fraction of sp³-hybridized carbons (Fsp3) is 1.00. The summed E-state index contributed by atoms with van der Waals surface area (Å²) >= 11 is 0. The highest BCUT2D eigenvalue weighted by molar-refractivity contribution is 4.83. The Kier molecular flexibility index (Phi) is 4.20. The van der Waals surface area contributed by atoms with E-state index in [0.717, 1.165) is 12.8 Å². The lowest BCUT2D eigenvalue weighted by molar-refractivity contribution is -0.00162. The van der Waals surface area contributed by atoms with E-state index >= 15 is 0 Å². The van der Waals surface area contributed by atoms with Crippen molar-refractivity contribution in [3.63, 3.8) is 0 Å². The summed E-state index contributed by atoms with van der Waals surface area (Å²) in [6.07, 6.45) is 4.52. The van der Waals surface area contributed by atoms with E-state index < -0.39 is 0 Å². The van der Waals surface area contributed by atoms with Crippen LogP contribution in [0.15, 0.2) is 0 Å². The predicted molar refractivity (Wildman–Crippen MR) is 55.8 cm³/mol. The van der Waals surface area contributed by atoms with E-state index in [4.69, 9.17) is 0 Å². The molecule has 3 atom stereocenters. The molecule has 1 fully saturated rings. The molecular weight excluding hydrogens is 162 g/mol. The lowest BCUT2D eigenvalue weighted by Crippen LogP contribution is -2.50. The number of aliphatic hydroxyl groups excluding tert-OH is 1. The van der Waals surface area contributed by atoms with Crippen LogP contribution in [0.3, 0.4) is 0 Å². The van der Waals surface area contributed by atoms with Crippen LogP contribution in [-0.2, 0) is 0 Å². The van der Waals surface area contributed by atoms with Crippen LogP contribution in [0.2, 0.25) is 0 Å². The molecule has 1 aliphatic rings. The maximum Gasteiger partial charge on any atom is 0.0693 e. The second-order valence-electron chi connectivity index (χ2n) is 4.33. The molecule has 2 nitrogen and oxygen atoms in total. The van der Waals surface area contributed by atoms with Gasteiger partial charge in [0.15, 0.2) is 0 Å². The van der Waals surface area contributed by atoms with Gasteiger partial charge in [-0.05, 0) is 39.7 Å². The van der Waals surface area contributed by atoms with E-state index in [9.17, 15) is 5.11 Å². The minimum atomic E-state index is -0.104. The Bertz CT molecular complexity index is 149. The summed E-state index contributed by atoms with van der Waals surface area (Å²) in [5, 5.41) is 9.72. The molecule has 13 heavy (non-hydrogen) atoms. The molecule has 0 aliphatic carbocycles. The summed E-state index contributed by atoms with van der Waals surface area (Å²) in [5.41, 5.74) is 0. The van der Waals surface area contributed by atoms with Crippen molar-refractivity contribution in [2.45, 2.75) is 64.6 Å². The standard InChI is InChI=1S/C11H23NO/c1-4-6-9(2)12-8-5-7-11(13)10(12)3/h9-11,13H,4-8H2,1-3H3. The topological polar surface area (TPSA) is 23.5 Å². The second kappa shape index (κ2) is 4.97. The summed E-state index contributed by atoms with van der Waals surface area (Å²) < 4.78 is 0. The van der Waals surface area contributed by atoms with Gasteiger partial charge in [-0.2, -0.15) is 0 Å². The van der Waals surface area contributed by atoms with Crippen molar-refractivity contribution in [2.75, 3.05) is 6.54 Å². The van der Waals surface area contributed by atoms with Crippen LogP contribution in [0, 0.1) is 0 Å². The quantitative estimate of drug-likeness (QED) is 0.727. The van der Waals surface area contributed by atoms with E-state index in [1.807, 2.05) is 0 Å². The summed E-state index contributed by atoms with van der Waals surface area (Å²) in [6, 6.07) is 0.991. The first-order chi connectivity index (χ1) is 6.16. The number of rotatable bonds is 3. The van der Waals surface area contributed by atoms with Gasteiger partial charge in [-0.3, -0.25) is 4.90 Å². The van der Waals surface area contributed by atoms with Gasteiger partial charge in [-0.15, -0.1) is 0 Å². The average molecular weight is 185 g/mol. The monoisotopic (exact) mass is 185 g/mol. The van der Waals surface area contributed by atoms with Crippen LogP contribution in [0.4, 0.5) is 0 Å². The SMILES string of the molecule is CCCC(C)N1CCCC(O)C1C. The molecule has 0 spiro atoms. The molecule has 1 aliphatic heterocycles. The Labute approximate surface area is 81.9 Å². The highest BCUT2D eigenvalue weighted by atomic mass is 16.3. The van der Waals surface area contributed by atoms with Crippen molar-refractivity contribution >= 4 is 0 Å². The normalized spacial score (nSPS) is 33.2. The van der Waals surface area contributed by atoms with E-state index in [1.54, 1.807) is 0 Å². The van der Waals surface area contributed by atoms with E-state index in [-0.39, 0.29) is 6.10 Å². The maximum absolute atomic E-state index is 9.72. The molecule has 0 aromatic rings. The number of likely N-dealkylation sites (tertiary alicyclic amines) is 1. The molecule has 1 N–H and O–H groups in total. The van der Waals surface area contributed by atoms with Gasteiger partial charge in [-0.1, -0.05) is 13.3 Å². The maximum atomic E-state index is 9.72. The molecule has 78 valence electrons. The number of hydrogen-bond acceptors (Lipinski definition) is 2. The second-order valence-corrected chi connectivity index (χ2v) is 4.33. The number of aliphatic hydroxyl groups is 1. The highest BCUT2D eigenvalue weighted by Gasteiger charge is 2.28. The number of piperidine rings is 1. The zero-order chi connectivity index (χ0) is 9.84. The van der Waals surface area contributed by atoms with Gasteiger partial charge < -0.3 is 5.11 Å². The lowest BCUT2D eigenvalue weighted by atomic mass is 9.97. The average Bonchev–Trinajstić information content (AvgIpc) is 2.10. The third kappa shape index (κ3) is 2.68. The Hall–Kier alpha value is -0.0800. The lowest BCUT2D eigenvalue weighted by Gasteiger charge is -2.40. The summed E-state index contributed by atoms with van der Waals surface area (Å²) in [4.78, 5) is 2.46. The van der Waals surface area contributed by atoms with Gasteiger partial charge in [0, 0.05) is 12.1 Å². The third-order valence-corrected chi connectivity index (χ3v) is 3.27. The van der Waals surface area contributed by atoms with Gasteiger partial charge >= 0.3 is 0 Å². The molecule has 2 heteroatoms. The smallest absolute Gasteiger partial charge is 0.0693 e. The Morgan fingerprint density at radius 1 is 1.54 bits per heavy atom. The first-order valence-corrected chi connectivity index (χ1v) is 5.60. The zero-order valence-electron chi connectivity index (χ0n) is 9.16. The third-order valence-electron chi connectivity index (χ3n) is 3.27. The van der Waals surface area contributed by atoms with Gasteiger partial charge in [0.1, 0.15) is 0 Å². The minimum Gasteiger partial charge on any atom is -0.392 e. The van der Waals surface area contributed by atoms with Crippen LogP contribution in [0.25, 0.3) is 0 Å². The van der Waals surface area contributed by atoms with Gasteiger partial charge in [-0.25, -0.2) is 0 Å². The van der Waals surface area contributed by atoms with E-state index in [1.165, 1.54) is 19.4 Å². The molecule has 1 saturated heterocycles. The number of nitrogens with zero attached hydrogens (tertiary/aromatic N) is 1. The molecule has 1 rings (SSSR count). The molecule has 0 saturated carbocycles. The Balaban J connectivity index is 2.46. The van der Waals surface area contributed by atoms with Crippen molar-refractivity contribution in [2.24, 2.45) is 0 Å². The molecular formula is C11H23NO. The first kappa shape index (κ1) is 11.0. The van der Waals surface area contributed by atoms with Crippen LogP contribution in [0.5, 0.6) is 0 Å². The fourth-order valence-electron chi connectivity index (χ4n) is 2.35. The zero-order valence-corrected chi connectivity index (χ0v) is 9.16. The Morgan fingerprint density at radius 3 is 2.85 bits per heavy atom. The number of hydrogen-bond donors (Lipinski definition) is 1. The van der Waals surface area contributed by atoms with Crippen LogP contribution in [-0.4, -0.2) is 34.7 Å². The van der Waals surface area contributed by atoms with Crippen molar-refractivity contribution in [1.82, 2.24) is 4.90 Å². The Morgan fingerprint density at radius 2 is 2.23 bits per heavy atom. The van der Waals surface area contributed by atoms with E-state index in [0.29, 0.717) is 12.1 Å². The van der Waals surface area contributed by atoms with Crippen LogP contribution < -0.4 is 0 Å². The van der Waals surface area contributed by atoms with Crippen LogP contribution in [0.1, 0.15) is 46.5 Å². The van der Waals surface area contributed by atoms with Gasteiger partial charge in [0.05, 0.1) is 6.10 Å². The molecule has 0 aromatic heterocycles. The van der Waals surface area contributed by atoms with Crippen molar-refractivity contribution in [3.8, 4) is 0 Å². The molecule has 0 radical (unpaired) electrons. The van der Waals surface area contributed by atoms with Crippen molar-refractivity contribution < 1.29 is 5.11 Å². The molecule has 1 heterocycles. The van der Waals surface area contributed by atoms with Crippen molar-refractivity contribution in [1.29, 1.82) is 0 Å². The minimum absolute atomic E-state index is 0.104. The molecule has 3 unspecified atom stereocenters. The molecule has 0 aromatic carbocycles. The summed E-state index contributed by atoms with van der Waals surface area (Å²) in [7, 11) is 0. The van der Waals surface area contributed by atoms with Crippen LogP contribution >= 0.6 is 0 Å². The summed E-state index contributed by atoms with van der Waals surface area (Å²) in [6.45, 7) is 7.81. The molecule has 0 amide bonds. The predicted octanol–water partition coefficient (Wildman–Crippen LogP) is 2.02. The van der Waals surface area contributed by atoms with Gasteiger partial charge in [0.2, 0.25) is 0 Å². The first-order valence-electron chi connectivity index (χ1n) is 5.60. The van der Waals surface area contributed by atoms with E-state index in [2.05, 4.69) is 25.7 Å². The molecule has 0 bridgehead atoms. The fourth-order valence-corrected chi connectivity index (χ4v) is 2.35. The van der Waals surface area contributed by atoms with Gasteiger partial charge in [0.25, 0.3) is 0 Å².